The van der Waals surface area contributed by atoms with Crippen LogP contribution in [0.3, 0.4) is 0 Å². The summed E-state index contributed by atoms with van der Waals surface area (Å²) in [6.07, 6.45) is 0.206. The summed E-state index contributed by atoms with van der Waals surface area (Å²) in [6.45, 7) is 0. The van der Waals surface area contributed by atoms with E-state index in [1.54, 1.807) is 41.1 Å². The van der Waals surface area contributed by atoms with Crippen LogP contribution < -0.4 is 3.53 Å². The number of hydrogen-bond acceptors (Lipinski definition) is 2. The highest BCUT2D eigenvalue weighted by molar-refractivity contribution is 14.1. The Morgan fingerprint density at radius 1 is 0.947 bits per heavy atom. The normalized spacial score (nSPS) is 9.95. The number of amides is 1. The van der Waals surface area contributed by atoms with E-state index in [4.69, 9.17) is 0 Å². The van der Waals surface area contributed by atoms with Gasteiger partial charge in [0, 0.05) is 11.1 Å². The molecule has 2 rings (SSSR count). The summed E-state index contributed by atoms with van der Waals surface area (Å²) in [4.78, 5) is 23.9. The van der Waals surface area contributed by atoms with E-state index in [1.165, 1.54) is 0 Å². The molecule has 19 heavy (non-hydrogen) atoms. The zero-order chi connectivity index (χ0) is 13.7. The van der Waals surface area contributed by atoms with E-state index in [-0.39, 0.29) is 18.1 Å². The number of halogens is 1. The fourth-order valence-corrected chi connectivity index (χ4v) is 2.04. The first-order valence-electron chi connectivity index (χ1n) is 5.79. The molecule has 0 aliphatic heterocycles. The number of nitrogens with one attached hydrogen (secondary N) is 1. The van der Waals surface area contributed by atoms with Crippen molar-refractivity contribution in [2.45, 2.75) is 6.42 Å². The maximum atomic E-state index is 12.4. The smallest absolute Gasteiger partial charge is 0.233 e. The summed E-state index contributed by atoms with van der Waals surface area (Å²) >= 11 is 1.80. The fourth-order valence-electron chi connectivity index (χ4n) is 1.85. The van der Waals surface area contributed by atoms with Gasteiger partial charge in [0.15, 0.2) is 5.78 Å². The monoisotopic (exact) mass is 365 g/mol. The van der Waals surface area contributed by atoms with Crippen molar-refractivity contribution >= 4 is 34.6 Å². The lowest BCUT2D eigenvalue weighted by Crippen LogP contribution is -2.16. The SMILES string of the molecule is O=C(Cc1ccccc1C(=O)c1ccccc1)NI. The first-order chi connectivity index (χ1) is 9.22. The molecule has 4 heteroatoms. The third-order valence-corrected chi connectivity index (χ3v) is 3.36. The largest absolute Gasteiger partial charge is 0.299 e. The summed E-state index contributed by atoms with van der Waals surface area (Å²) < 4.78 is 2.54. The molecule has 0 aliphatic rings. The Hall–Kier alpha value is -1.69. The van der Waals surface area contributed by atoms with Gasteiger partial charge in [-0.2, -0.15) is 0 Å². The molecule has 0 bridgehead atoms. The molecule has 96 valence electrons. The lowest BCUT2D eigenvalue weighted by Gasteiger charge is -2.07. The average Bonchev–Trinajstić information content (AvgIpc) is 2.48. The third-order valence-electron chi connectivity index (χ3n) is 2.75. The van der Waals surface area contributed by atoms with Crippen LogP contribution in [0.1, 0.15) is 21.5 Å². The Balaban J connectivity index is 2.35. The van der Waals surface area contributed by atoms with E-state index in [0.29, 0.717) is 11.1 Å². The molecule has 2 aromatic carbocycles. The average molecular weight is 365 g/mol. The minimum absolute atomic E-state index is 0.0579. The van der Waals surface area contributed by atoms with E-state index in [2.05, 4.69) is 3.53 Å². The van der Waals surface area contributed by atoms with Gasteiger partial charge in [0.2, 0.25) is 5.91 Å². The van der Waals surface area contributed by atoms with Crippen LogP contribution in [0.5, 0.6) is 0 Å². The van der Waals surface area contributed by atoms with E-state index >= 15 is 0 Å². The molecular weight excluding hydrogens is 353 g/mol. The predicted molar refractivity (Wildman–Crippen MR) is 82.2 cm³/mol. The summed E-state index contributed by atoms with van der Waals surface area (Å²) in [5.41, 5.74) is 1.95. The van der Waals surface area contributed by atoms with Crippen molar-refractivity contribution in [3.63, 3.8) is 0 Å². The quantitative estimate of drug-likeness (QED) is 0.515. The second kappa shape index (κ2) is 6.47. The topological polar surface area (TPSA) is 46.2 Å². The number of benzene rings is 2. The molecule has 0 saturated heterocycles. The van der Waals surface area contributed by atoms with Gasteiger partial charge in [0.1, 0.15) is 0 Å². The Kier molecular flexibility index (Phi) is 4.68. The van der Waals surface area contributed by atoms with Crippen molar-refractivity contribution in [2.75, 3.05) is 0 Å². The molecule has 1 amide bonds. The van der Waals surface area contributed by atoms with E-state index in [0.717, 1.165) is 5.56 Å². The van der Waals surface area contributed by atoms with Gasteiger partial charge in [0.05, 0.1) is 29.3 Å². The van der Waals surface area contributed by atoms with Gasteiger partial charge >= 0.3 is 0 Å². The van der Waals surface area contributed by atoms with Crippen LogP contribution in [-0.2, 0) is 11.2 Å². The lowest BCUT2D eigenvalue weighted by atomic mass is 9.96. The molecule has 0 aliphatic carbocycles. The number of hydrogen-bond donors (Lipinski definition) is 1. The Labute approximate surface area is 125 Å². The van der Waals surface area contributed by atoms with Gasteiger partial charge in [-0.05, 0) is 5.56 Å². The molecule has 0 spiro atoms. The highest BCUT2D eigenvalue weighted by atomic mass is 127. The molecule has 0 unspecified atom stereocenters. The summed E-state index contributed by atoms with van der Waals surface area (Å²) in [5, 5.41) is 0. The molecule has 0 heterocycles. The van der Waals surface area contributed by atoms with Crippen molar-refractivity contribution in [2.24, 2.45) is 0 Å². The van der Waals surface area contributed by atoms with Gasteiger partial charge in [0.25, 0.3) is 0 Å². The summed E-state index contributed by atoms with van der Waals surface area (Å²) in [5.74, 6) is -0.175. The van der Waals surface area contributed by atoms with Crippen LogP contribution in [-0.4, -0.2) is 11.7 Å². The highest BCUT2D eigenvalue weighted by Crippen LogP contribution is 2.15. The minimum atomic E-state index is -0.117. The number of carbonyl (C=O) groups is 2. The molecule has 3 nitrogen and oxygen atoms in total. The van der Waals surface area contributed by atoms with Gasteiger partial charge in [-0.3, -0.25) is 13.1 Å². The summed E-state index contributed by atoms with van der Waals surface area (Å²) in [7, 11) is 0. The molecule has 1 N–H and O–H groups in total. The van der Waals surface area contributed by atoms with E-state index in [9.17, 15) is 9.59 Å². The molecule has 2 aromatic rings. The standard InChI is InChI=1S/C15H12INO2/c16-17-14(18)10-12-8-4-5-9-13(12)15(19)11-6-2-1-3-7-11/h1-9H,10H2,(H,17,18). The van der Waals surface area contributed by atoms with E-state index in [1.807, 2.05) is 36.4 Å². The number of carbonyl (C=O) groups excluding carboxylic acids is 2. The van der Waals surface area contributed by atoms with Gasteiger partial charge in [-0.15, -0.1) is 0 Å². The zero-order valence-corrected chi connectivity index (χ0v) is 12.3. The zero-order valence-electron chi connectivity index (χ0n) is 10.1. The highest BCUT2D eigenvalue weighted by Gasteiger charge is 2.14. The van der Waals surface area contributed by atoms with Crippen LogP contribution >= 0.6 is 22.9 Å². The minimum Gasteiger partial charge on any atom is -0.299 e. The van der Waals surface area contributed by atoms with Crippen molar-refractivity contribution in [1.82, 2.24) is 3.53 Å². The molecule has 0 fully saturated rings. The second-order valence-corrected chi connectivity index (χ2v) is 4.59. The lowest BCUT2D eigenvalue weighted by molar-refractivity contribution is -0.118. The first-order valence-corrected chi connectivity index (χ1v) is 6.87. The second-order valence-electron chi connectivity index (χ2n) is 4.05. The van der Waals surface area contributed by atoms with Gasteiger partial charge < -0.3 is 0 Å². The molecule has 0 radical (unpaired) electrons. The van der Waals surface area contributed by atoms with Crippen LogP contribution in [0, 0.1) is 0 Å². The van der Waals surface area contributed by atoms with Crippen LogP contribution in [0.4, 0.5) is 0 Å². The molecule has 0 saturated carbocycles. The first kappa shape index (κ1) is 13.7. The third kappa shape index (κ3) is 3.41. The Morgan fingerprint density at radius 2 is 1.58 bits per heavy atom. The molecule has 0 aromatic heterocycles. The maximum Gasteiger partial charge on any atom is 0.233 e. The maximum absolute atomic E-state index is 12.4. The van der Waals surface area contributed by atoms with Gasteiger partial charge in [-0.1, -0.05) is 54.6 Å². The van der Waals surface area contributed by atoms with Gasteiger partial charge in [-0.25, -0.2) is 0 Å². The predicted octanol–water partition coefficient (Wildman–Crippen LogP) is 2.93. The van der Waals surface area contributed by atoms with Crippen molar-refractivity contribution < 1.29 is 9.59 Å². The number of ketones is 1. The Bertz CT molecular complexity index is 596. The molecule has 0 atom stereocenters. The summed E-state index contributed by atoms with van der Waals surface area (Å²) in [6, 6.07) is 16.3. The van der Waals surface area contributed by atoms with Crippen molar-refractivity contribution in [3.8, 4) is 0 Å². The van der Waals surface area contributed by atoms with E-state index < -0.39 is 0 Å². The van der Waals surface area contributed by atoms with Crippen molar-refractivity contribution in [1.29, 1.82) is 0 Å². The van der Waals surface area contributed by atoms with Crippen LogP contribution in [0.2, 0.25) is 0 Å². The van der Waals surface area contributed by atoms with Crippen LogP contribution in [0.15, 0.2) is 54.6 Å². The van der Waals surface area contributed by atoms with Crippen LogP contribution in [0.25, 0.3) is 0 Å². The van der Waals surface area contributed by atoms with Crippen molar-refractivity contribution in [3.05, 3.63) is 71.3 Å². The fraction of sp³-hybridized carbons (Fsp3) is 0.0667. The Morgan fingerprint density at radius 3 is 2.26 bits per heavy atom. The molecular formula is C15H12INO2. The number of rotatable bonds is 4.